The van der Waals surface area contributed by atoms with Gasteiger partial charge in [-0.05, 0) is 18.1 Å². The average molecular weight is 167 g/mol. The molecular formula is C8H13N3O. The molecule has 66 valence electrons. The number of pyridine rings is 1. The number of hydrogen-bond donors (Lipinski definition) is 3. The quantitative estimate of drug-likeness (QED) is 0.593. The van der Waals surface area contributed by atoms with Gasteiger partial charge < -0.3 is 16.6 Å². The predicted molar refractivity (Wildman–Crippen MR) is 47.3 cm³/mol. The van der Waals surface area contributed by atoms with Crippen molar-refractivity contribution < 1.29 is 5.11 Å². The molecule has 0 radical (unpaired) electrons. The lowest BCUT2D eigenvalue weighted by molar-refractivity contribution is 0.276. The summed E-state index contributed by atoms with van der Waals surface area (Å²) in [6.45, 7) is 0.0793. The van der Waals surface area contributed by atoms with Crippen molar-refractivity contribution >= 4 is 5.69 Å². The van der Waals surface area contributed by atoms with Gasteiger partial charge in [0.05, 0.1) is 5.69 Å². The van der Waals surface area contributed by atoms with E-state index in [1.54, 1.807) is 18.5 Å². The molecule has 1 rings (SSSR count). The number of aromatic nitrogens is 1. The van der Waals surface area contributed by atoms with Gasteiger partial charge in [0, 0.05) is 25.0 Å². The van der Waals surface area contributed by atoms with Crippen LogP contribution in [0, 0.1) is 0 Å². The molecule has 12 heavy (non-hydrogen) atoms. The van der Waals surface area contributed by atoms with E-state index in [4.69, 9.17) is 16.6 Å². The van der Waals surface area contributed by atoms with Gasteiger partial charge in [-0.1, -0.05) is 0 Å². The van der Waals surface area contributed by atoms with Gasteiger partial charge in [0.25, 0.3) is 0 Å². The van der Waals surface area contributed by atoms with Crippen LogP contribution in [0.3, 0.4) is 0 Å². The Morgan fingerprint density at radius 2 is 2.25 bits per heavy atom. The number of aliphatic hydroxyl groups excluding tert-OH is 1. The first kappa shape index (κ1) is 8.96. The summed E-state index contributed by atoms with van der Waals surface area (Å²) in [5.41, 5.74) is 12.7. The fourth-order valence-corrected chi connectivity index (χ4v) is 0.985. The molecule has 0 bridgehead atoms. The zero-order chi connectivity index (χ0) is 8.97. The van der Waals surface area contributed by atoms with Crippen LogP contribution in [-0.2, 0) is 0 Å². The highest BCUT2D eigenvalue weighted by atomic mass is 16.3. The van der Waals surface area contributed by atoms with Gasteiger partial charge in [-0.2, -0.15) is 0 Å². The molecule has 5 N–H and O–H groups in total. The zero-order valence-corrected chi connectivity index (χ0v) is 6.77. The average Bonchev–Trinajstić information content (AvgIpc) is 2.05. The van der Waals surface area contributed by atoms with Crippen LogP contribution in [0.4, 0.5) is 5.69 Å². The van der Waals surface area contributed by atoms with E-state index < -0.39 is 0 Å². The Kier molecular flexibility index (Phi) is 3.01. The van der Waals surface area contributed by atoms with Gasteiger partial charge in [-0.25, -0.2) is 0 Å². The first-order valence-corrected chi connectivity index (χ1v) is 3.81. The molecular weight excluding hydrogens is 154 g/mol. The third kappa shape index (κ3) is 2.18. The van der Waals surface area contributed by atoms with Crippen LogP contribution in [-0.4, -0.2) is 16.7 Å². The minimum atomic E-state index is -0.175. The van der Waals surface area contributed by atoms with E-state index in [2.05, 4.69) is 4.98 Å². The number of anilines is 1. The minimum Gasteiger partial charge on any atom is -0.397 e. The van der Waals surface area contributed by atoms with Crippen LogP contribution in [0.5, 0.6) is 0 Å². The van der Waals surface area contributed by atoms with Gasteiger partial charge in [0.1, 0.15) is 0 Å². The highest BCUT2D eigenvalue weighted by molar-refractivity contribution is 5.37. The Hall–Kier alpha value is -1.13. The summed E-state index contributed by atoms with van der Waals surface area (Å²) < 4.78 is 0. The molecule has 4 nitrogen and oxygen atoms in total. The first-order valence-electron chi connectivity index (χ1n) is 3.81. The highest BCUT2D eigenvalue weighted by Gasteiger charge is 2.04. The molecule has 0 aliphatic rings. The normalized spacial score (nSPS) is 12.8. The molecule has 0 fully saturated rings. The topological polar surface area (TPSA) is 85.2 Å². The lowest BCUT2D eigenvalue weighted by Crippen LogP contribution is -2.12. The standard InChI is InChI=1S/C8H13N3O/c9-7-3-6(4-11-5-7)8(10)1-2-12/h3-5,8,12H,1-2,9-10H2/t8-/m1/s1. The smallest absolute Gasteiger partial charge is 0.0503 e. The fourth-order valence-electron chi connectivity index (χ4n) is 0.985. The molecule has 0 saturated heterocycles. The summed E-state index contributed by atoms with van der Waals surface area (Å²) in [7, 11) is 0. The monoisotopic (exact) mass is 167 g/mol. The first-order chi connectivity index (χ1) is 5.74. The van der Waals surface area contributed by atoms with Crippen LogP contribution in [0.25, 0.3) is 0 Å². The summed E-state index contributed by atoms with van der Waals surface area (Å²) in [5.74, 6) is 0. The molecule has 1 aromatic rings. The second-order valence-corrected chi connectivity index (χ2v) is 2.67. The van der Waals surface area contributed by atoms with E-state index in [1.165, 1.54) is 0 Å². The Labute approximate surface area is 71.2 Å². The third-order valence-corrected chi connectivity index (χ3v) is 1.65. The lowest BCUT2D eigenvalue weighted by Gasteiger charge is -2.09. The van der Waals surface area contributed by atoms with Crippen molar-refractivity contribution in [3.63, 3.8) is 0 Å². The molecule has 1 aromatic heterocycles. The maximum absolute atomic E-state index is 8.64. The van der Waals surface area contributed by atoms with Crippen molar-refractivity contribution in [2.45, 2.75) is 12.5 Å². The Balaban J connectivity index is 2.73. The fraction of sp³-hybridized carbons (Fsp3) is 0.375. The maximum atomic E-state index is 8.64. The van der Waals surface area contributed by atoms with Gasteiger partial charge in [-0.3, -0.25) is 4.98 Å². The number of nitrogens with zero attached hydrogens (tertiary/aromatic N) is 1. The molecule has 1 atom stereocenters. The summed E-state index contributed by atoms with van der Waals surface area (Å²) >= 11 is 0. The van der Waals surface area contributed by atoms with Gasteiger partial charge in [0.15, 0.2) is 0 Å². The second kappa shape index (κ2) is 4.04. The Morgan fingerprint density at radius 1 is 1.50 bits per heavy atom. The van der Waals surface area contributed by atoms with Crippen LogP contribution in [0.1, 0.15) is 18.0 Å². The molecule has 4 heteroatoms. The Morgan fingerprint density at radius 3 is 2.83 bits per heavy atom. The molecule has 1 heterocycles. The molecule has 0 aliphatic carbocycles. The van der Waals surface area contributed by atoms with E-state index in [0.29, 0.717) is 12.1 Å². The molecule has 0 unspecified atom stereocenters. The van der Waals surface area contributed by atoms with Crippen molar-refractivity contribution in [1.82, 2.24) is 4.98 Å². The van der Waals surface area contributed by atoms with Crippen molar-refractivity contribution in [2.75, 3.05) is 12.3 Å². The van der Waals surface area contributed by atoms with Crippen LogP contribution in [0.15, 0.2) is 18.5 Å². The predicted octanol–water partition coefficient (Wildman–Crippen LogP) is 0.0460. The second-order valence-electron chi connectivity index (χ2n) is 2.67. The zero-order valence-electron chi connectivity index (χ0n) is 6.77. The summed E-state index contributed by atoms with van der Waals surface area (Å²) in [5, 5.41) is 8.64. The lowest BCUT2D eigenvalue weighted by atomic mass is 10.1. The largest absolute Gasteiger partial charge is 0.397 e. The molecule has 0 spiro atoms. The van der Waals surface area contributed by atoms with E-state index in [1.807, 2.05) is 0 Å². The summed E-state index contributed by atoms with van der Waals surface area (Å²) in [6, 6.07) is 1.60. The van der Waals surface area contributed by atoms with Crippen LogP contribution >= 0.6 is 0 Å². The number of hydrogen-bond acceptors (Lipinski definition) is 4. The molecule has 0 saturated carbocycles. The van der Waals surface area contributed by atoms with Crippen LogP contribution < -0.4 is 11.5 Å². The third-order valence-electron chi connectivity index (χ3n) is 1.65. The van der Waals surface area contributed by atoms with E-state index in [-0.39, 0.29) is 12.6 Å². The van der Waals surface area contributed by atoms with Crippen molar-refractivity contribution in [1.29, 1.82) is 0 Å². The highest BCUT2D eigenvalue weighted by Crippen LogP contribution is 2.14. The summed E-state index contributed by atoms with van der Waals surface area (Å²) in [4.78, 5) is 3.90. The Bertz CT molecular complexity index is 252. The van der Waals surface area contributed by atoms with E-state index in [0.717, 1.165) is 5.56 Å². The van der Waals surface area contributed by atoms with Crippen LogP contribution in [0.2, 0.25) is 0 Å². The van der Waals surface area contributed by atoms with E-state index >= 15 is 0 Å². The minimum absolute atomic E-state index is 0.0793. The molecule has 0 amide bonds. The number of nitrogen functional groups attached to an aromatic ring is 1. The molecule has 0 aliphatic heterocycles. The van der Waals surface area contributed by atoms with Gasteiger partial charge >= 0.3 is 0 Å². The number of nitrogens with two attached hydrogens (primary N) is 2. The SMILES string of the molecule is Nc1cncc([C@H](N)CCO)c1. The number of aliphatic hydroxyl groups is 1. The molecule has 0 aromatic carbocycles. The van der Waals surface area contributed by atoms with Crippen molar-refractivity contribution in [3.05, 3.63) is 24.0 Å². The van der Waals surface area contributed by atoms with Crippen molar-refractivity contribution in [2.24, 2.45) is 5.73 Å². The van der Waals surface area contributed by atoms with Gasteiger partial charge in [-0.15, -0.1) is 0 Å². The van der Waals surface area contributed by atoms with Gasteiger partial charge in [0.2, 0.25) is 0 Å². The van der Waals surface area contributed by atoms with Crippen molar-refractivity contribution in [3.8, 4) is 0 Å². The number of rotatable bonds is 3. The van der Waals surface area contributed by atoms with E-state index in [9.17, 15) is 0 Å². The summed E-state index contributed by atoms with van der Waals surface area (Å²) in [6.07, 6.45) is 3.76. The maximum Gasteiger partial charge on any atom is 0.0503 e.